The summed E-state index contributed by atoms with van der Waals surface area (Å²) < 4.78 is 32.0. The molecule has 12 aromatic carbocycles. The fourth-order valence-electron chi connectivity index (χ4n) is 14.8. The molecule has 0 spiro atoms. The predicted octanol–water partition coefficient (Wildman–Crippen LogP) is 15.5. The highest BCUT2D eigenvalue weighted by molar-refractivity contribution is 6.00. The van der Waals surface area contributed by atoms with E-state index in [2.05, 4.69) is 24.0 Å². The zero-order valence-electron chi connectivity index (χ0n) is 64.9. The van der Waals surface area contributed by atoms with E-state index in [1.54, 1.807) is 146 Å². The van der Waals surface area contributed by atoms with Crippen LogP contribution in [0.5, 0.6) is 11.5 Å². The average molecular weight is 1590 g/mol. The summed E-state index contributed by atoms with van der Waals surface area (Å²) >= 11 is 0. The van der Waals surface area contributed by atoms with Crippen molar-refractivity contribution in [2.75, 3.05) is 14.2 Å². The number of benzene rings is 12. The molecule has 23 heteroatoms. The van der Waals surface area contributed by atoms with Crippen LogP contribution < -0.4 is 36.6 Å². The Morgan fingerprint density at radius 1 is 0.303 bits per heavy atom. The first-order valence-electron chi connectivity index (χ1n) is 37.5. The second kappa shape index (κ2) is 35.4. The largest absolute Gasteiger partial charge is 0.497 e. The molecule has 0 bridgehead atoms. The van der Waals surface area contributed by atoms with Crippen LogP contribution in [-0.4, -0.2) is 92.4 Å². The first-order valence-corrected chi connectivity index (χ1v) is 37.5. The van der Waals surface area contributed by atoms with E-state index in [1.165, 1.54) is 42.5 Å². The monoisotopic (exact) mass is 1590 g/mol. The van der Waals surface area contributed by atoms with Gasteiger partial charge in [-0.3, -0.25) is 47.9 Å². The van der Waals surface area contributed by atoms with Crippen molar-refractivity contribution in [3.63, 3.8) is 0 Å². The Morgan fingerprint density at radius 2 is 0.639 bits per heavy atom. The van der Waals surface area contributed by atoms with Gasteiger partial charge in [0.1, 0.15) is 50.0 Å². The van der Waals surface area contributed by atoms with Gasteiger partial charge >= 0.3 is 29.8 Å². The van der Waals surface area contributed by atoms with E-state index < -0.39 is 35.7 Å². The maximum Gasteiger partial charge on any atom is 0.323 e. The average Bonchev–Trinajstić information content (AvgIpc) is 0.772. The van der Waals surface area contributed by atoms with Crippen molar-refractivity contribution < 1.29 is 63.4 Å². The number of carbonyl (C=O) groups is 5. The van der Waals surface area contributed by atoms with E-state index in [4.69, 9.17) is 14.6 Å². The molecule has 5 aromatic heterocycles. The Balaban J connectivity index is 0.000000129. The first-order chi connectivity index (χ1) is 57.3. The Labute approximate surface area is 676 Å². The number of halogens is 1. The van der Waals surface area contributed by atoms with Crippen molar-refractivity contribution in [1.29, 1.82) is 0 Å². The quantitative estimate of drug-likeness (QED) is 0.0470. The summed E-state index contributed by atoms with van der Waals surface area (Å²) in [4.78, 5) is 120. The normalized spacial score (nSPS) is 10.9. The molecule has 22 nitrogen and oxygen atoms in total. The molecule has 119 heavy (non-hydrogen) atoms. The molecular formula is C96H76FN5O17. The second-order valence-electron chi connectivity index (χ2n) is 28.2. The number of fused-ring (bicyclic) bond motifs is 10. The number of pyridine rings is 5. The molecule has 0 fully saturated rings. The van der Waals surface area contributed by atoms with Gasteiger partial charge in [0.25, 0.3) is 0 Å². The van der Waals surface area contributed by atoms with Crippen LogP contribution in [0.3, 0.4) is 0 Å². The third-order valence-corrected chi connectivity index (χ3v) is 20.3. The van der Waals surface area contributed by atoms with Gasteiger partial charge in [-0.15, -0.1) is 0 Å². The van der Waals surface area contributed by atoms with Crippen LogP contribution in [-0.2, 0) is 69.5 Å². The number of nitrogens with zero attached hydrogens (tertiary/aromatic N) is 5. The van der Waals surface area contributed by atoms with E-state index in [9.17, 15) is 72.8 Å². The number of carboxylic acids is 5. The fraction of sp³-hybridized carbons (Fsp3) is 0.125. The maximum absolute atomic E-state index is 13.5. The Morgan fingerprint density at radius 3 is 1.11 bits per heavy atom. The molecule has 17 aromatic rings. The summed E-state index contributed by atoms with van der Waals surface area (Å²) in [6.07, 6.45) is 1.72. The number of para-hydroxylation sites is 2. The van der Waals surface area contributed by atoms with Gasteiger partial charge < -0.3 is 57.8 Å². The zero-order valence-corrected chi connectivity index (χ0v) is 64.9. The number of hydrogen-bond acceptors (Lipinski definition) is 12. The number of rotatable bonds is 15. The molecule has 5 heterocycles. The van der Waals surface area contributed by atoms with Crippen molar-refractivity contribution in [2.24, 2.45) is 0 Å². The van der Waals surface area contributed by atoms with Gasteiger partial charge in [-0.05, 0) is 201 Å². The van der Waals surface area contributed by atoms with Crippen LogP contribution in [0.25, 0.3) is 109 Å². The molecule has 594 valence electrons. The zero-order chi connectivity index (χ0) is 84.5. The van der Waals surface area contributed by atoms with E-state index in [-0.39, 0.29) is 59.9 Å². The minimum absolute atomic E-state index is 0.0585. The lowest BCUT2D eigenvalue weighted by Gasteiger charge is -2.15. The molecule has 0 radical (unpaired) electrons. The van der Waals surface area contributed by atoms with Crippen molar-refractivity contribution in [2.45, 2.75) is 66.3 Å². The molecule has 5 N–H and O–H groups in total. The minimum Gasteiger partial charge on any atom is -0.497 e. The lowest BCUT2D eigenvalue weighted by molar-refractivity contribution is -0.138. The van der Waals surface area contributed by atoms with Crippen LogP contribution in [0.1, 0.15) is 38.9 Å². The molecule has 0 atom stereocenters. The van der Waals surface area contributed by atoms with Gasteiger partial charge in [0.05, 0.1) is 69.4 Å². The standard InChI is InChI=1S/C23H19NO3.C23H15NO3.2C17H15NO4.C16H12FNO3/c2*25-22(26)15-24-20-9-5-4-8-18(20)23(27)19-13-12-17(14-21(19)24)11-10-16-6-2-1-3-7-16;1-10-3-5-12-14(7-10)18(9-16(19)20)15-8-11(22-2)4-6-13(15)17(12)21;1-10-4-3-5-13-16(10)17(21)12-7-6-11(22-2)8-14(12)18(13)9-15(19)20;1-9-2-4-11-13(6-9)18(8-15(19)20)14-7-10(17)3-5-12(14)16(11)21/h1-9,12-14H,10-11,15H2,(H,25,26);1-9,12-14H,15H2,(H,25,26);2*3-8H,9H2,1-2H3,(H,19,20);2-7H,8H2,1H3,(H,19,20). The molecule has 0 saturated heterocycles. The summed E-state index contributed by atoms with van der Waals surface area (Å²) in [5, 5.41) is 51.2. The lowest BCUT2D eigenvalue weighted by atomic mass is 10.0. The predicted molar refractivity (Wildman–Crippen MR) is 460 cm³/mol. The van der Waals surface area contributed by atoms with Gasteiger partial charge in [-0.25, -0.2) is 4.39 Å². The Hall–Kier alpha value is -15.6. The SMILES string of the molecule is COc1ccc2c(=O)c3c(C)cccc3n(CC(=O)O)c2c1.COc1ccc2c(=O)c3ccc(C)cc3n(CC(=O)O)c2c1.Cc1ccc2c(=O)c3ccc(F)cc3n(CC(=O)O)c2c1.O=C(O)Cn1c2ccccc2c(=O)c2ccc(C#Cc3ccccc3)cc21.O=C(O)Cn1c2ccccc2c(=O)c2ccc(CCc3ccccc3)cc21. The fourth-order valence-corrected chi connectivity index (χ4v) is 14.8. The van der Waals surface area contributed by atoms with Crippen molar-refractivity contribution in [1.82, 2.24) is 22.8 Å². The van der Waals surface area contributed by atoms with Gasteiger partial charge in [0.2, 0.25) is 0 Å². The van der Waals surface area contributed by atoms with Crippen molar-refractivity contribution in [3.05, 3.63) is 351 Å². The third kappa shape index (κ3) is 17.7. The van der Waals surface area contributed by atoms with Crippen LogP contribution in [0.2, 0.25) is 0 Å². The number of ether oxygens (including phenoxy) is 2. The van der Waals surface area contributed by atoms with E-state index >= 15 is 0 Å². The molecule has 0 aliphatic heterocycles. The van der Waals surface area contributed by atoms with E-state index in [0.717, 1.165) is 46.2 Å². The number of carboxylic acid groups (broad SMARTS) is 5. The van der Waals surface area contributed by atoms with Gasteiger partial charge in [0, 0.05) is 77.1 Å². The number of hydrogen-bond donors (Lipinski definition) is 5. The molecule has 0 saturated carbocycles. The number of aliphatic carboxylic acids is 5. The summed E-state index contributed by atoms with van der Waals surface area (Å²) in [5.74, 6) is 1.96. The number of methoxy groups -OCH3 is 2. The smallest absolute Gasteiger partial charge is 0.323 e. The number of aromatic nitrogens is 5. The molecule has 0 aliphatic carbocycles. The second-order valence-corrected chi connectivity index (χ2v) is 28.2. The Kier molecular flexibility index (Phi) is 24.3. The molecular weight excluding hydrogens is 1510 g/mol. The topological polar surface area (TPSA) is 315 Å². The third-order valence-electron chi connectivity index (χ3n) is 20.3. The van der Waals surface area contributed by atoms with Crippen LogP contribution in [0.4, 0.5) is 4.39 Å². The Bertz CT molecular complexity index is 7260. The first kappa shape index (κ1) is 81.4. The lowest BCUT2D eigenvalue weighted by Crippen LogP contribution is -2.16. The highest BCUT2D eigenvalue weighted by Gasteiger charge is 2.21. The van der Waals surface area contributed by atoms with Crippen LogP contribution in [0.15, 0.2) is 279 Å². The van der Waals surface area contributed by atoms with E-state index in [1.807, 2.05) is 118 Å². The summed E-state index contributed by atoms with van der Waals surface area (Å²) in [6, 6.07) is 75.1. The number of aryl methyl sites for hydroxylation is 5. The summed E-state index contributed by atoms with van der Waals surface area (Å²) in [6.45, 7) is 4.43. The summed E-state index contributed by atoms with van der Waals surface area (Å²) in [5.41, 5.74) is 11.7. The minimum atomic E-state index is -1.05. The summed E-state index contributed by atoms with van der Waals surface area (Å²) in [7, 11) is 3.07. The van der Waals surface area contributed by atoms with Gasteiger partial charge in [-0.2, -0.15) is 0 Å². The van der Waals surface area contributed by atoms with Gasteiger partial charge in [-0.1, -0.05) is 115 Å². The van der Waals surface area contributed by atoms with Crippen LogP contribution >= 0.6 is 0 Å². The highest BCUT2D eigenvalue weighted by Crippen LogP contribution is 2.30. The molecule has 0 unspecified atom stereocenters. The van der Waals surface area contributed by atoms with Crippen molar-refractivity contribution in [3.8, 4) is 23.3 Å². The molecule has 0 amide bonds. The maximum atomic E-state index is 13.5. The van der Waals surface area contributed by atoms with Crippen LogP contribution in [0, 0.1) is 38.4 Å². The van der Waals surface area contributed by atoms with Gasteiger partial charge in [0.15, 0.2) is 27.1 Å². The van der Waals surface area contributed by atoms with E-state index in [0.29, 0.717) is 121 Å². The molecule has 17 rings (SSSR count). The molecule has 0 aliphatic rings. The highest BCUT2D eigenvalue weighted by atomic mass is 19.1. The van der Waals surface area contributed by atoms with Crippen molar-refractivity contribution >= 4 is 139 Å².